The minimum absolute atomic E-state index is 0.109. The summed E-state index contributed by atoms with van der Waals surface area (Å²) in [4.78, 5) is 0. The van der Waals surface area contributed by atoms with Gasteiger partial charge in [0.1, 0.15) is 0 Å². The maximum atomic E-state index is 3.90. The summed E-state index contributed by atoms with van der Waals surface area (Å²) in [5, 5.41) is 3.90. The highest BCUT2D eigenvalue weighted by molar-refractivity contribution is 5.36. The van der Waals surface area contributed by atoms with Crippen molar-refractivity contribution in [2.45, 2.75) is 57.5 Å². The smallest absolute Gasteiger partial charge is 0.0205 e. The van der Waals surface area contributed by atoms with Crippen LogP contribution in [0.1, 0.15) is 52.0 Å². The first-order valence-electron chi connectivity index (χ1n) is 8.12. The van der Waals surface area contributed by atoms with Gasteiger partial charge >= 0.3 is 0 Å². The third kappa shape index (κ3) is 2.60. The van der Waals surface area contributed by atoms with Crippen LogP contribution >= 0.6 is 0 Å². The molecular formula is C20H27N. The van der Waals surface area contributed by atoms with Gasteiger partial charge in [0.2, 0.25) is 0 Å². The summed E-state index contributed by atoms with van der Waals surface area (Å²) in [6, 6.07) is 11.0. The summed E-state index contributed by atoms with van der Waals surface area (Å²) in [6.45, 7) is 9.43. The zero-order valence-corrected chi connectivity index (χ0v) is 13.7. The molecular weight excluding hydrogens is 254 g/mol. The van der Waals surface area contributed by atoms with E-state index in [0.29, 0.717) is 11.8 Å². The molecule has 0 aromatic heterocycles. The van der Waals surface area contributed by atoms with Crippen molar-refractivity contribution in [3.05, 3.63) is 59.7 Å². The van der Waals surface area contributed by atoms with Gasteiger partial charge in [0.05, 0.1) is 0 Å². The van der Waals surface area contributed by atoms with E-state index in [-0.39, 0.29) is 11.1 Å². The molecule has 1 heteroatoms. The van der Waals surface area contributed by atoms with E-state index in [9.17, 15) is 0 Å². The van der Waals surface area contributed by atoms with E-state index in [0.717, 1.165) is 0 Å². The molecule has 1 N–H and O–H groups in total. The third-order valence-electron chi connectivity index (χ3n) is 5.14. The van der Waals surface area contributed by atoms with Gasteiger partial charge in [-0.25, -0.2) is 0 Å². The standard InChI is InChI=1S/C20H27N/c1-19(2)17(15-11-7-5-8-12-15)18(20(3,4)21-19)16-13-9-6-10-14-16/h5-9,11-13,17-18,21H,10,14H2,1-4H3. The molecule has 1 aromatic rings. The fourth-order valence-electron chi connectivity index (χ4n) is 4.65. The van der Waals surface area contributed by atoms with E-state index in [1.807, 2.05) is 0 Å². The van der Waals surface area contributed by atoms with E-state index in [1.54, 1.807) is 5.57 Å². The van der Waals surface area contributed by atoms with E-state index in [1.165, 1.54) is 18.4 Å². The van der Waals surface area contributed by atoms with Gasteiger partial charge in [0, 0.05) is 22.9 Å². The first-order chi connectivity index (χ1) is 9.92. The number of nitrogens with one attached hydrogen (secondary N) is 1. The molecule has 1 saturated heterocycles. The molecule has 0 bridgehead atoms. The molecule has 1 aliphatic carbocycles. The average Bonchev–Trinajstić information content (AvgIpc) is 2.64. The summed E-state index contributed by atoms with van der Waals surface area (Å²) in [5.41, 5.74) is 3.30. The van der Waals surface area contributed by atoms with Crippen LogP contribution in [0.15, 0.2) is 54.1 Å². The Morgan fingerprint density at radius 1 is 0.952 bits per heavy atom. The first-order valence-corrected chi connectivity index (χ1v) is 8.12. The van der Waals surface area contributed by atoms with Crippen LogP contribution in [-0.4, -0.2) is 11.1 Å². The van der Waals surface area contributed by atoms with Crippen LogP contribution in [0.5, 0.6) is 0 Å². The van der Waals surface area contributed by atoms with Gasteiger partial charge in [-0.1, -0.05) is 54.1 Å². The Hall–Kier alpha value is -1.34. The van der Waals surface area contributed by atoms with Crippen LogP contribution in [0.2, 0.25) is 0 Å². The van der Waals surface area contributed by atoms with Gasteiger partial charge in [0.15, 0.2) is 0 Å². The van der Waals surface area contributed by atoms with E-state index >= 15 is 0 Å². The molecule has 2 atom stereocenters. The molecule has 0 spiro atoms. The lowest BCUT2D eigenvalue weighted by Crippen LogP contribution is -2.45. The molecule has 2 aliphatic rings. The Morgan fingerprint density at radius 2 is 1.62 bits per heavy atom. The van der Waals surface area contributed by atoms with Crippen LogP contribution in [-0.2, 0) is 0 Å². The second-order valence-electron chi connectivity index (χ2n) is 7.64. The zero-order valence-electron chi connectivity index (χ0n) is 13.7. The van der Waals surface area contributed by atoms with Crippen molar-refractivity contribution >= 4 is 0 Å². The predicted molar refractivity (Wildman–Crippen MR) is 90.4 cm³/mol. The highest BCUT2D eigenvalue weighted by Crippen LogP contribution is 2.51. The van der Waals surface area contributed by atoms with Crippen molar-refractivity contribution in [1.82, 2.24) is 5.32 Å². The first kappa shape index (κ1) is 14.6. The highest BCUT2D eigenvalue weighted by atomic mass is 15.1. The van der Waals surface area contributed by atoms with Crippen molar-refractivity contribution in [2.75, 3.05) is 0 Å². The molecule has 1 nitrogen and oxygen atoms in total. The number of benzene rings is 1. The topological polar surface area (TPSA) is 12.0 Å². The second kappa shape index (κ2) is 5.14. The summed E-state index contributed by atoms with van der Waals surface area (Å²) in [5.74, 6) is 1.08. The molecule has 112 valence electrons. The van der Waals surface area contributed by atoms with Gasteiger partial charge in [-0.2, -0.15) is 0 Å². The lowest BCUT2D eigenvalue weighted by molar-refractivity contribution is 0.341. The molecule has 0 amide bonds. The molecule has 21 heavy (non-hydrogen) atoms. The average molecular weight is 281 g/mol. The normalized spacial score (nSPS) is 30.2. The summed E-state index contributed by atoms with van der Waals surface area (Å²) in [6.07, 6.45) is 9.25. The van der Waals surface area contributed by atoms with Gasteiger partial charge in [-0.15, -0.1) is 0 Å². The fourth-order valence-corrected chi connectivity index (χ4v) is 4.65. The van der Waals surface area contributed by atoms with Crippen LogP contribution < -0.4 is 5.32 Å². The maximum absolute atomic E-state index is 3.90. The monoisotopic (exact) mass is 281 g/mol. The summed E-state index contributed by atoms with van der Waals surface area (Å²) >= 11 is 0. The van der Waals surface area contributed by atoms with Crippen LogP contribution in [0.3, 0.4) is 0 Å². The van der Waals surface area contributed by atoms with Crippen LogP contribution in [0.4, 0.5) is 0 Å². The van der Waals surface area contributed by atoms with Crippen molar-refractivity contribution in [2.24, 2.45) is 5.92 Å². The minimum atomic E-state index is 0.109. The minimum Gasteiger partial charge on any atom is -0.306 e. The Balaban J connectivity index is 2.08. The zero-order chi connectivity index (χ0) is 15.1. The summed E-state index contributed by atoms with van der Waals surface area (Å²) < 4.78 is 0. The lowest BCUT2D eigenvalue weighted by atomic mass is 9.68. The third-order valence-corrected chi connectivity index (χ3v) is 5.14. The molecule has 0 saturated carbocycles. The Bertz CT molecular complexity index is 563. The number of hydrogen-bond acceptors (Lipinski definition) is 1. The Labute approximate surface area is 129 Å². The highest BCUT2D eigenvalue weighted by Gasteiger charge is 2.53. The SMILES string of the molecule is CC1(C)NC(C)(C)C(c2ccccc2)C1C1=CC=CCC1. The molecule has 1 aliphatic heterocycles. The quantitative estimate of drug-likeness (QED) is 0.819. The van der Waals surface area contributed by atoms with Crippen molar-refractivity contribution in [3.8, 4) is 0 Å². The van der Waals surface area contributed by atoms with Crippen LogP contribution in [0.25, 0.3) is 0 Å². The lowest BCUT2D eigenvalue weighted by Gasteiger charge is -2.34. The summed E-state index contributed by atoms with van der Waals surface area (Å²) in [7, 11) is 0. The number of hydrogen-bond donors (Lipinski definition) is 1. The van der Waals surface area contributed by atoms with Crippen molar-refractivity contribution < 1.29 is 0 Å². The molecule has 0 radical (unpaired) electrons. The Morgan fingerprint density at radius 3 is 2.24 bits per heavy atom. The van der Waals surface area contributed by atoms with Crippen LogP contribution in [0, 0.1) is 5.92 Å². The van der Waals surface area contributed by atoms with E-state index in [4.69, 9.17) is 0 Å². The fraction of sp³-hybridized carbons (Fsp3) is 0.500. The molecule has 2 unspecified atom stereocenters. The van der Waals surface area contributed by atoms with E-state index < -0.39 is 0 Å². The molecule has 1 fully saturated rings. The predicted octanol–water partition coefficient (Wildman–Crippen LogP) is 4.82. The second-order valence-corrected chi connectivity index (χ2v) is 7.64. The van der Waals surface area contributed by atoms with E-state index in [2.05, 4.69) is 81.6 Å². The molecule has 3 rings (SSSR count). The largest absolute Gasteiger partial charge is 0.306 e. The van der Waals surface area contributed by atoms with Crippen molar-refractivity contribution in [1.29, 1.82) is 0 Å². The Kier molecular flexibility index (Phi) is 3.57. The maximum Gasteiger partial charge on any atom is 0.0205 e. The van der Waals surface area contributed by atoms with Crippen molar-refractivity contribution in [3.63, 3.8) is 0 Å². The van der Waals surface area contributed by atoms with Gasteiger partial charge in [0.25, 0.3) is 0 Å². The number of allylic oxidation sites excluding steroid dienone is 3. The van der Waals surface area contributed by atoms with Gasteiger partial charge in [-0.05, 0) is 46.1 Å². The molecule has 1 heterocycles. The molecule has 1 aromatic carbocycles. The van der Waals surface area contributed by atoms with Gasteiger partial charge < -0.3 is 5.32 Å². The van der Waals surface area contributed by atoms with Gasteiger partial charge in [-0.3, -0.25) is 0 Å². The number of rotatable bonds is 2.